The Labute approximate surface area is 222 Å². The number of thioether (sulfide) groups is 1. The zero-order valence-electron chi connectivity index (χ0n) is 21.8. The molecule has 9 heteroatoms. The molecule has 0 aliphatic heterocycles. The Morgan fingerprint density at radius 2 is 1.78 bits per heavy atom. The van der Waals surface area contributed by atoms with Crippen LogP contribution in [0.15, 0.2) is 66.3 Å². The Bertz CT molecular complexity index is 1200. The van der Waals surface area contributed by atoms with Crippen LogP contribution in [0.4, 0.5) is 5.69 Å². The minimum atomic E-state index is -0.424. The second-order valence-corrected chi connectivity index (χ2v) is 10.4. The fourth-order valence-corrected chi connectivity index (χ4v) is 4.30. The minimum absolute atomic E-state index is 0.113. The molecule has 3 aromatic rings. The van der Waals surface area contributed by atoms with E-state index in [2.05, 4.69) is 59.7 Å². The van der Waals surface area contributed by atoms with E-state index in [0.717, 1.165) is 18.0 Å². The molecule has 2 aromatic carbocycles. The highest BCUT2D eigenvalue weighted by Crippen LogP contribution is 2.24. The minimum Gasteiger partial charge on any atom is -0.494 e. The van der Waals surface area contributed by atoms with Crippen LogP contribution in [-0.2, 0) is 27.9 Å². The summed E-state index contributed by atoms with van der Waals surface area (Å²) in [6.45, 7) is 11.5. The number of nitrogens with one attached hydrogen (secondary N) is 1. The third kappa shape index (κ3) is 8.21. The Balaban J connectivity index is 1.49. The maximum atomic E-state index is 12.4. The normalized spacial score (nSPS) is 11.1. The number of carbonyl (C=O) groups excluding carboxylic acids is 2. The predicted octanol–water partition coefficient (Wildman–Crippen LogP) is 5.29. The van der Waals surface area contributed by atoms with Gasteiger partial charge in [-0.05, 0) is 53.8 Å². The van der Waals surface area contributed by atoms with Gasteiger partial charge in [0.25, 0.3) is 0 Å². The summed E-state index contributed by atoms with van der Waals surface area (Å²) in [5.41, 5.74) is 2.40. The highest BCUT2D eigenvalue weighted by molar-refractivity contribution is 7.99. The van der Waals surface area contributed by atoms with Crippen molar-refractivity contribution in [2.75, 3.05) is 24.8 Å². The van der Waals surface area contributed by atoms with Crippen LogP contribution in [0.2, 0.25) is 0 Å². The first-order valence-electron chi connectivity index (χ1n) is 12.1. The fraction of sp³-hybridized carbons (Fsp3) is 0.357. The molecule has 0 atom stereocenters. The number of carbonyl (C=O) groups is 2. The molecule has 0 aliphatic rings. The standard InChI is InChI=1S/C28H34N4O4S/c1-6-17-32-24(8-7-18-36-23-15-11-21(12-16-23)28(2,3)4)30-31-27(32)37-19-25(33)29-22-13-9-20(10-14-22)26(34)35-5/h6,9-16H,1,7-8,17-19H2,2-5H3,(H,29,33). The van der Waals surface area contributed by atoms with Gasteiger partial charge in [0.05, 0.1) is 25.0 Å². The number of amides is 1. The lowest BCUT2D eigenvalue weighted by Crippen LogP contribution is -2.15. The van der Waals surface area contributed by atoms with Crippen LogP contribution >= 0.6 is 11.8 Å². The average molecular weight is 523 g/mol. The van der Waals surface area contributed by atoms with Crippen molar-refractivity contribution in [3.63, 3.8) is 0 Å². The highest BCUT2D eigenvalue weighted by atomic mass is 32.2. The van der Waals surface area contributed by atoms with E-state index in [-0.39, 0.29) is 17.1 Å². The van der Waals surface area contributed by atoms with E-state index < -0.39 is 5.97 Å². The number of hydrogen-bond acceptors (Lipinski definition) is 7. The number of aryl methyl sites for hydroxylation is 1. The van der Waals surface area contributed by atoms with Crippen LogP contribution in [0, 0.1) is 0 Å². The highest BCUT2D eigenvalue weighted by Gasteiger charge is 2.15. The van der Waals surface area contributed by atoms with Gasteiger partial charge in [-0.25, -0.2) is 4.79 Å². The first-order chi connectivity index (χ1) is 17.7. The molecule has 196 valence electrons. The molecule has 8 nitrogen and oxygen atoms in total. The van der Waals surface area contributed by atoms with Crippen LogP contribution in [0.5, 0.6) is 5.75 Å². The predicted molar refractivity (Wildman–Crippen MR) is 146 cm³/mol. The van der Waals surface area contributed by atoms with Crippen LogP contribution < -0.4 is 10.1 Å². The third-order valence-electron chi connectivity index (χ3n) is 5.56. The summed E-state index contributed by atoms with van der Waals surface area (Å²) in [7, 11) is 1.33. The quantitative estimate of drug-likeness (QED) is 0.149. The van der Waals surface area contributed by atoms with Gasteiger partial charge in [0.1, 0.15) is 11.6 Å². The molecular weight excluding hydrogens is 488 g/mol. The molecule has 1 N–H and O–H groups in total. The van der Waals surface area contributed by atoms with Gasteiger partial charge in [-0.3, -0.25) is 4.79 Å². The molecule has 37 heavy (non-hydrogen) atoms. The van der Waals surface area contributed by atoms with E-state index in [1.165, 1.54) is 24.4 Å². The number of anilines is 1. The number of allylic oxidation sites excluding steroid dienone is 1. The lowest BCUT2D eigenvalue weighted by atomic mass is 9.87. The van der Waals surface area contributed by atoms with Gasteiger partial charge in [0.15, 0.2) is 5.16 Å². The van der Waals surface area contributed by atoms with Crippen molar-refractivity contribution in [1.29, 1.82) is 0 Å². The second kappa shape index (κ2) is 13.1. The Morgan fingerprint density at radius 3 is 2.41 bits per heavy atom. The van der Waals surface area contributed by atoms with Crippen LogP contribution in [0.25, 0.3) is 0 Å². The smallest absolute Gasteiger partial charge is 0.337 e. The number of benzene rings is 2. The van der Waals surface area contributed by atoms with Crippen LogP contribution in [0.1, 0.15) is 48.9 Å². The second-order valence-electron chi connectivity index (χ2n) is 9.43. The van der Waals surface area contributed by atoms with Gasteiger partial charge >= 0.3 is 5.97 Å². The SMILES string of the molecule is C=CCn1c(CCCOc2ccc(C(C)(C)C)cc2)nnc1SCC(=O)Nc1ccc(C(=O)OC)cc1. The number of nitrogens with zero attached hydrogens (tertiary/aromatic N) is 3. The summed E-state index contributed by atoms with van der Waals surface area (Å²) < 4.78 is 12.6. The Kier molecular flexibility index (Phi) is 9.91. The van der Waals surface area contributed by atoms with E-state index in [4.69, 9.17) is 4.74 Å². The largest absolute Gasteiger partial charge is 0.494 e. The number of rotatable bonds is 12. The van der Waals surface area contributed by atoms with Crippen molar-refractivity contribution in [2.24, 2.45) is 0 Å². The van der Waals surface area contributed by atoms with Crippen LogP contribution in [0.3, 0.4) is 0 Å². The molecular formula is C28H34N4O4S. The monoisotopic (exact) mass is 522 g/mol. The van der Waals surface area contributed by atoms with Crippen molar-refractivity contribution in [3.05, 3.63) is 78.1 Å². The van der Waals surface area contributed by atoms with Crippen molar-refractivity contribution in [3.8, 4) is 5.75 Å². The molecule has 0 fully saturated rings. The molecule has 0 radical (unpaired) electrons. The Hall–Kier alpha value is -3.59. The topological polar surface area (TPSA) is 95.3 Å². The van der Waals surface area contributed by atoms with Crippen molar-refractivity contribution < 1.29 is 19.1 Å². The zero-order valence-corrected chi connectivity index (χ0v) is 22.6. The van der Waals surface area contributed by atoms with Crippen molar-refractivity contribution >= 4 is 29.3 Å². The molecule has 0 aliphatic carbocycles. The summed E-state index contributed by atoms with van der Waals surface area (Å²) in [5.74, 6) is 1.24. The number of ether oxygens (including phenoxy) is 2. The molecule has 0 unspecified atom stereocenters. The maximum absolute atomic E-state index is 12.4. The van der Waals surface area contributed by atoms with E-state index in [1.807, 2.05) is 16.7 Å². The van der Waals surface area contributed by atoms with E-state index in [0.29, 0.717) is 36.0 Å². The molecule has 1 aromatic heterocycles. The molecule has 0 bridgehead atoms. The first kappa shape index (κ1) is 28.0. The summed E-state index contributed by atoms with van der Waals surface area (Å²) in [5, 5.41) is 12.1. The summed E-state index contributed by atoms with van der Waals surface area (Å²) in [6.07, 6.45) is 3.26. The lowest BCUT2D eigenvalue weighted by molar-refractivity contribution is -0.113. The molecule has 0 spiro atoms. The molecule has 0 saturated heterocycles. The third-order valence-corrected chi connectivity index (χ3v) is 6.53. The van der Waals surface area contributed by atoms with Gasteiger partial charge < -0.3 is 19.4 Å². The molecule has 1 heterocycles. The van der Waals surface area contributed by atoms with Gasteiger partial charge in [0.2, 0.25) is 5.91 Å². The summed E-state index contributed by atoms with van der Waals surface area (Å²) in [4.78, 5) is 24.0. The lowest BCUT2D eigenvalue weighted by Gasteiger charge is -2.19. The van der Waals surface area contributed by atoms with Crippen molar-refractivity contribution in [1.82, 2.24) is 14.8 Å². The van der Waals surface area contributed by atoms with E-state index >= 15 is 0 Å². The zero-order chi connectivity index (χ0) is 26.8. The van der Waals surface area contributed by atoms with Crippen LogP contribution in [-0.4, -0.2) is 46.1 Å². The summed E-state index contributed by atoms with van der Waals surface area (Å²) in [6, 6.07) is 14.8. The van der Waals surface area contributed by atoms with Gasteiger partial charge in [-0.2, -0.15) is 0 Å². The number of methoxy groups -OCH3 is 1. The van der Waals surface area contributed by atoms with Gasteiger partial charge in [-0.1, -0.05) is 50.7 Å². The molecule has 0 saturated carbocycles. The molecule has 3 rings (SSSR count). The summed E-state index contributed by atoms with van der Waals surface area (Å²) >= 11 is 1.31. The average Bonchev–Trinajstić information content (AvgIpc) is 3.26. The van der Waals surface area contributed by atoms with E-state index in [1.54, 1.807) is 30.3 Å². The van der Waals surface area contributed by atoms with Crippen molar-refractivity contribution in [2.45, 2.75) is 50.7 Å². The maximum Gasteiger partial charge on any atom is 0.337 e. The number of esters is 1. The molecule has 1 amide bonds. The number of hydrogen-bond donors (Lipinski definition) is 1. The fourth-order valence-electron chi connectivity index (χ4n) is 3.53. The Morgan fingerprint density at radius 1 is 1.08 bits per heavy atom. The first-order valence-corrected chi connectivity index (χ1v) is 13.1. The number of aromatic nitrogens is 3. The van der Waals surface area contributed by atoms with E-state index in [9.17, 15) is 9.59 Å². The van der Waals surface area contributed by atoms with Gasteiger partial charge in [-0.15, -0.1) is 16.8 Å². The van der Waals surface area contributed by atoms with Gasteiger partial charge in [0, 0.05) is 18.7 Å².